The van der Waals surface area contributed by atoms with E-state index in [2.05, 4.69) is 21.6 Å². The molecule has 1 saturated carbocycles. The lowest BCUT2D eigenvalue weighted by Crippen LogP contribution is -2.44. The molecule has 4 rings (SSSR count). The summed E-state index contributed by atoms with van der Waals surface area (Å²) in [6.07, 6.45) is 11.2. The Balaban J connectivity index is 1.31. The summed E-state index contributed by atoms with van der Waals surface area (Å²) in [5.74, 6) is 1.10. The lowest BCUT2D eigenvalue weighted by Gasteiger charge is -2.37. The zero-order chi connectivity index (χ0) is 23.9. The largest absolute Gasteiger partial charge is 0.497 e. The minimum atomic E-state index is -0.665. The standard InChI is InChI=1S/C27H39N3O3S/c1-33-20-8-10-26-23(17-20)22(11-13-29-26)25(28)9-7-19-12-14-30(18-24(19)27(31)32)15-16-34-21-5-3-2-4-6-21/h8,10-11,13,17,19,21,24-25H,2-7,9,12,14-16,18,28H2,1H3,(H,31,32)/t19-,24+,25?/m1/s1. The van der Waals surface area contributed by atoms with E-state index in [0.717, 1.165) is 65.6 Å². The number of fused-ring (bicyclic) bond motifs is 1. The maximum atomic E-state index is 12.1. The van der Waals surface area contributed by atoms with Crippen molar-refractivity contribution in [2.45, 2.75) is 62.7 Å². The van der Waals surface area contributed by atoms with Crippen LogP contribution in [0.5, 0.6) is 5.75 Å². The molecule has 1 aromatic heterocycles. The van der Waals surface area contributed by atoms with Gasteiger partial charge in [0.25, 0.3) is 0 Å². The van der Waals surface area contributed by atoms with Gasteiger partial charge in [0.2, 0.25) is 0 Å². The van der Waals surface area contributed by atoms with E-state index in [0.29, 0.717) is 6.54 Å². The first kappa shape index (κ1) is 25.3. The number of nitrogens with zero attached hydrogens (tertiary/aromatic N) is 2. The van der Waals surface area contributed by atoms with Crippen molar-refractivity contribution in [3.63, 3.8) is 0 Å². The molecule has 1 saturated heterocycles. The van der Waals surface area contributed by atoms with Crippen molar-refractivity contribution in [3.8, 4) is 5.75 Å². The van der Waals surface area contributed by atoms with Gasteiger partial charge >= 0.3 is 5.97 Å². The first-order valence-electron chi connectivity index (χ1n) is 12.8. The number of likely N-dealkylation sites (tertiary alicyclic amines) is 1. The second-order valence-corrected chi connectivity index (χ2v) is 11.3. The molecule has 0 radical (unpaired) electrons. The summed E-state index contributed by atoms with van der Waals surface area (Å²) >= 11 is 2.10. The summed E-state index contributed by atoms with van der Waals surface area (Å²) in [5, 5.41) is 11.8. The number of hydrogen-bond donors (Lipinski definition) is 2. The number of thioether (sulfide) groups is 1. The van der Waals surface area contributed by atoms with Crippen molar-refractivity contribution in [1.29, 1.82) is 0 Å². The van der Waals surface area contributed by atoms with Crippen LogP contribution in [0.1, 0.15) is 63.0 Å². The Labute approximate surface area is 207 Å². The summed E-state index contributed by atoms with van der Waals surface area (Å²) in [5.41, 5.74) is 8.57. The lowest BCUT2D eigenvalue weighted by molar-refractivity contribution is -0.146. The Kier molecular flexibility index (Phi) is 9.09. The normalized spacial score (nSPS) is 23.1. The topological polar surface area (TPSA) is 88.7 Å². The fraction of sp³-hybridized carbons (Fsp3) is 0.630. The van der Waals surface area contributed by atoms with Crippen LogP contribution in [0.25, 0.3) is 10.9 Å². The molecule has 3 atom stereocenters. The molecule has 1 aliphatic carbocycles. The van der Waals surface area contributed by atoms with Gasteiger partial charge in [-0.25, -0.2) is 0 Å². The molecular formula is C27H39N3O3S. The second kappa shape index (κ2) is 12.2. The molecule has 1 aromatic carbocycles. The summed E-state index contributed by atoms with van der Waals surface area (Å²) < 4.78 is 5.38. The van der Waals surface area contributed by atoms with Crippen molar-refractivity contribution < 1.29 is 14.6 Å². The highest BCUT2D eigenvalue weighted by atomic mass is 32.2. The van der Waals surface area contributed by atoms with Gasteiger partial charge in [-0.05, 0) is 74.4 Å². The maximum Gasteiger partial charge on any atom is 0.308 e. The van der Waals surface area contributed by atoms with Gasteiger partial charge in [0.1, 0.15) is 5.75 Å². The van der Waals surface area contributed by atoms with Crippen LogP contribution in [0.3, 0.4) is 0 Å². The average Bonchev–Trinajstić information content (AvgIpc) is 2.87. The Morgan fingerprint density at radius 1 is 1.26 bits per heavy atom. The quantitative estimate of drug-likeness (QED) is 0.483. The molecule has 0 bridgehead atoms. The summed E-state index contributed by atoms with van der Waals surface area (Å²) in [6.45, 7) is 2.65. The number of pyridine rings is 1. The number of carbonyl (C=O) groups is 1. The summed E-state index contributed by atoms with van der Waals surface area (Å²) in [7, 11) is 1.66. The van der Waals surface area contributed by atoms with E-state index in [1.165, 1.54) is 32.1 Å². The molecule has 2 aromatic rings. The van der Waals surface area contributed by atoms with Crippen LogP contribution >= 0.6 is 11.8 Å². The third-order valence-electron chi connectivity index (χ3n) is 7.70. The molecule has 0 spiro atoms. The SMILES string of the molecule is COc1ccc2nccc(C(N)CC[C@@H]3CCN(CCSC4CCCCC4)C[C@@H]3C(=O)O)c2c1. The zero-order valence-electron chi connectivity index (χ0n) is 20.3. The van der Waals surface area contributed by atoms with E-state index < -0.39 is 5.97 Å². The van der Waals surface area contributed by atoms with Crippen molar-refractivity contribution in [2.75, 3.05) is 32.5 Å². The number of benzene rings is 1. The molecule has 3 N–H and O–H groups in total. The highest BCUT2D eigenvalue weighted by Crippen LogP contribution is 2.33. The number of ether oxygens (including phenoxy) is 1. The fourth-order valence-electron chi connectivity index (χ4n) is 5.62. The monoisotopic (exact) mass is 485 g/mol. The molecule has 2 heterocycles. The Hall–Kier alpha value is -1.83. The minimum absolute atomic E-state index is 0.156. The summed E-state index contributed by atoms with van der Waals surface area (Å²) in [4.78, 5) is 18.9. The molecule has 1 aliphatic heterocycles. The third-order valence-corrected chi connectivity index (χ3v) is 9.06. The molecule has 1 unspecified atom stereocenters. The third kappa shape index (κ3) is 6.43. The predicted octanol–water partition coefficient (Wildman–Crippen LogP) is 5.11. The summed E-state index contributed by atoms with van der Waals surface area (Å²) in [6, 6.07) is 7.67. The van der Waals surface area contributed by atoms with Crippen LogP contribution < -0.4 is 10.5 Å². The van der Waals surface area contributed by atoms with Gasteiger partial charge < -0.3 is 20.5 Å². The number of carboxylic acids is 1. The van der Waals surface area contributed by atoms with Crippen LogP contribution in [0, 0.1) is 11.8 Å². The Bertz CT molecular complexity index is 950. The van der Waals surface area contributed by atoms with E-state index in [4.69, 9.17) is 10.5 Å². The van der Waals surface area contributed by atoms with Crippen LogP contribution in [-0.2, 0) is 4.79 Å². The first-order valence-corrected chi connectivity index (χ1v) is 13.8. The highest BCUT2D eigenvalue weighted by molar-refractivity contribution is 7.99. The van der Waals surface area contributed by atoms with E-state index >= 15 is 0 Å². The van der Waals surface area contributed by atoms with Gasteiger partial charge in [-0.3, -0.25) is 9.78 Å². The molecular weight excluding hydrogens is 446 g/mol. The predicted molar refractivity (Wildman–Crippen MR) is 139 cm³/mol. The zero-order valence-corrected chi connectivity index (χ0v) is 21.1. The first-order chi connectivity index (χ1) is 16.5. The van der Waals surface area contributed by atoms with E-state index in [-0.39, 0.29) is 17.9 Å². The van der Waals surface area contributed by atoms with Crippen molar-refractivity contribution in [3.05, 3.63) is 36.0 Å². The van der Waals surface area contributed by atoms with E-state index in [1.807, 2.05) is 24.3 Å². The van der Waals surface area contributed by atoms with Gasteiger partial charge in [0.15, 0.2) is 0 Å². The molecule has 2 aliphatic rings. The van der Waals surface area contributed by atoms with Crippen molar-refractivity contribution in [1.82, 2.24) is 9.88 Å². The molecule has 34 heavy (non-hydrogen) atoms. The Morgan fingerprint density at radius 3 is 2.85 bits per heavy atom. The minimum Gasteiger partial charge on any atom is -0.497 e. The molecule has 2 fully saturated rings. The number of aliphatic carboxylic acids is 1. The molecule has 0 amide bonds. The van der Waals surface area contributed by atoms with E-state index in [9.17, 15) is 9.90 Å². The molecule has 7 heteroatoms. The second-order valence-electron chi connectivity index (χ2n) is 9.89. The van der Waals surface area contributed by atoms with Gasteiger partial charge in [-0.2, -0.15) is 11.8 Å². The highest BCUT2D eigenvalue weighted by Gasteiger charge is 2.34. The smallest absolute Gasteiger partial charge is 0.308 e. The average molecular weight is 486 g/mol. The fourth-order valence-corrected chi connectivity index (χ4v) is 6.99. The number of aromatic nitrogens is 1. The number of rotatable bonds is 10. The van der Waals surface area contributed by atoms with Gasteiger partial charge in [0.05, 0.1) is 18.5 Å². The number of hydrogen-bond acceptors (Lipinski definition) is 6. The molecule has 6 nitrogen and oxygen atoms in total. The molecule has 186 valence electrons. The van der Waals surface area contributed by atoms with Gasteiger partial charge in [-0.1, -0.05) is 19.3 Å². The van der Waals surface area contributed by atoms with Crippen LogP contribution in [0.4, 0.5) is 0 Å². The Morgan fingerprint density at radius 2 is 2.09 bits per heavy atom. The van der Waals surface area contributed by atoms with Crippen LogP contribution in [0.15, 0.2) is 30.5 Å². The van der Waals surface area contributed by atoms with Crippen LogP contribution in [0.2, 0.25) is 0 Å². The van der Waals surface area contributed by atoms with Gasteiger partial charge in [0, 0.05) is 41.7 Å². The maximum absolute atomic E-state index is 12.1. The number of piperidine rings is 1. The van der Waals surface area contributed by atoms with Crippen LogP contribution in [-0.4, -0.2) is 58.7 Å². The lowest BCUT2D eigenvalue weighted by atomic mass is 9.81. The number of nitrogens with two attached hydrogens (primary N) is 1. The number of methoxy groups -OCH3 is 1. The van der Waals surface area contributed by atoms with Gasteiger partial charge in [-0.15, -0.1) is 0 Å². The van der Waals surface area contributed by atoms with Crippen molar-refractivity contribution >= 4 is 28.6 Å². The van der Waals surface area contributed by atoms with Crippen molar-refractivity contribution in [2.24, 2.45) is 17.6 Å². The number of carboxylic acid groups (broad SMARTS) is 1. The van der Waals surface area contributed by atoms with E-state index in [1.54, 1.807) is 13.3 Å².